The van der Waals surface area contributed by atoms with E-state index in [1.807, 2.05) is 0 Å². The SMILES string of the molecule is C=CC(=O)OC(CCC)(C(=O)O)C(=O)OC.[Ca+2].[H-].[H-]. The largest absolute Gasteiger partial charge is 2.00 e. The van der Waals surface area contributed by atoms with Crippen LogP contribution in [0.2, 0.25) is 0 Å². The Morgan fingerprint density at radius 3 is 2.29 bits per heavy atom. The second-order valence-electron chi connectivity index (χ2n) is 3.00. The summed E-state index contributed by atoms with van der Waals surface area (Å²) in [5, 5.41) is 8.99. The zero-order valence-corrected chi connectivity index (χ0v) is 12.1. The molecule has 0 aromatic rings. The second kappa shape index (κ2) is 8.49. The molecular weight excluding hydrogens is 256 g/mol. The van der Waals surface area contributed by atoms with E-state index in [2.05, 4.69) is 16.1 Å². The van der Waals surface area contributed by atoms with Gasteiger partial charge in [-0.1, -0.05) is 19.9 Å². The molecule has 0 aliphatic heterocycles. The van der Waals surface area contributed by atoms with E-state index < -0.39 is 23.5 Å². The van der Waals surface area contributed by atoms with Crippen LogP contribution in [0.1, 0.15) is 22.6 Å². The molecule has 0 aliphatic carbocycles. The van der Waals surface area contributed by atoms with Crippen molar-refractivity contribution in [2.45, 2.75) is 25.4 Å². The maximum Gasteiger partial charge on any atom is 2.00 e. The standard InChI is InChI=1S/C10H14O6.Ca.2H/c1-4-6-10(8(12)13,9(14)15-3)16-7(11)5-2;;;/h5H,2,4,6H2,1,3H3,(H,12,13);;;/q;+2;2*-1. The molecule has 6 nitrogen and oxygen atoms in total. The maximum absolute atomic E-state index is 11.4. The van der Waals surface area contributed by atoms with Crippen LogP contribution in [0.15, 0.2) is 12.7 Å². The maximum atomic E-state index is 11.4. The summed E-state index contributed by atoms with van der Waals surface area (Å²) >= 11 is 0. The molecule has 1 N–H and O–H groups in total. The van der Waals surface area contributed by atoms with E-state index in [0.717, 1.165) is 13.2 Å². The number of carboxylic acids is 1. The Kier molecular flexibility index (Phi) is 9.38. The number of ether oxygens (including phenoxy) is 2. The molecule has 0 spiro atoms. The van der Waals surface area contributed by atoms with Gasteiger partial charge in [0, 0.05) is 12.5 Å². The number of carboxylic acid groups (broad SMARTS) is 1. The van der Waals surface area contributed by atoms with E-state index in [1.54, 1.807) is 6.92 Å². The molecule has 0 bridgehead atoms. The van der Waals surface area contributed by atoms with Crippen molar-refractivity contribution in [3.8, 4) is 0 Å². The van der Waals surface area contributed by atoms with E-state index in [-0.39, 0.29) is 47.0 Å². The average molecular weight is 272 g/mol. The predicted octanol–water partition coefficient (Wildman–Crippen LogP) is 0.356. The molecule has 17 heavy (non-hydrogen) atoms. The molecule has 0 heterocycles. The molecule has 0 aromatic heterocycles. The fraction of sp³-hybridized carbons (Fsp3) is 0.500. The monoisotopic (exact) mass is 272 g/mol. The Balaban J connectivity index is -0.000000375. The predicted molar refractivity (Wildman–Crippen MR) is 61.6 cm³/mol. The van der Waals surface area contributed by atoms with Gasteiger partial charge in [-0.2, -0.15) is 0 Å². The number of aliphatic carboxylic acids is 1. The average Bonchev–Trinajstić information content (AvgIpc) is 2.26. The van der Waals surface area contributed by atoms with Gasteiger partial charge in [-0.3, -0.25) is 0 Å². The Bertz CT molecular complexity index is 323. The van der Waals surface area contributed by atoms with E-state index >= 15 is 0 Å². The molecule has 0 radical (unpaired) electrons. The minimum absolute atomic E-state index is 0. The molecule has 1 unspecified atom stereocenters. The third-order valence-electron chi connectivity index (χ3n) is 1.90. The Morgan fingerprint density at radius 1 is 1.47 bits per heavy atom. The minimum atomic E-state index is -2.28. The topological polar surface area (TPSA) is 89.9 Å². The quantitative estimate of drug-likeness (QED) is 0.325. The first-order valence-corrected chi connectivity index (χ1v) is 4.61. The van der Waals surface area contributed by atoms with Gasteiger partial charge in [-0.25, -0.2) is 14.4 Å². The first-order valence-electron chi connectivity index (χ1n) is 4.61. The van der Waals surface area contributed by atoms with E-state index in [0.29, 0.717) is 6.42 Å². The van der Waals surface area contributed by atoms with Crippen LogP contribution < -0.4 is 0 Å². The summed E-state index contributed by atoms with van der Waals surface area (Å²) in [5.74, 6) is -3.66. The van der Waals surface area contributed by atoms with Crippen molar-refractivity contribution in [3.05, 3.63) is 12.7 Å². The van der Waals surface area contributed by atoms with Crippen molar-refractivity contribution in [1.29, 1.82) is 0 Å². The van der Waals surface area contributed by atoms with Gasteiger partial charge in [0.15, 0.2) is 0 Å². The molecule has 0 saturated heterocycles. The zero-order chi connectivity index (χ0) is 12.8. The first kappa shape index (κ1) is 18.8. The molecule has 0 aliphatic rings. The fourth-order valence-corrected chi connectivity index (χ4v) is 1.16. The van der Waals surface area contributed by atoms with Crippen LogP contribution in [-0.4, -0.2) is 73.5 Å². The Hall–Kier alpha value is -0.590. The van der Waals surface area contributed by atoms with Gasteiger partial charge in [0.1, 0.15) is 0 Å². The number of rotatable bonds is 6. The molecule has 0 aromatic carbocycles. The van der Waals surface area contributed by atoms with Gasteiger partial charge in [-0.15, -0.1) is 0 Å². The minimum Gasteiger partial charge on any atom is -1.00 e. The van der Waals surface area contributed by atoms with Gasteiger partial charge in [-0.05, 0) is 0 Å². The van der Waals surface area contributed by atoms with Crippen molar-refractivity contribution in [2.75, 3.05) is 7.11 Å². The van der Waals surface area contributed by atoms with Gasteiger partial charge >= 0.3 is 61.2 Å². The van der Waals surface area contributed by atoms with Crippen LogP contribution in [0, 0.1) is 0 Å². The summed E-state index contributed by atoms with van der Waals surface area (Å²) in [7, 11) is 1.03. The third kappa shape index (κ3) is 4.65. The van der Waals surface area contributed by atoms with Gasteiger partial charge in [0.25, 0.3) is 0 Å². The van der Waals surface area contributed by atoms with Crippen LogP contribution in [0.3, 0.4) is 0 Å². The van der Waals surface area contributed by atoms with Crippen LogP contribution in [0.25, 0.3) is 0 Å². The summed E-state index contributed by atoms with van der Waals surface area (Å²) < 4.78 is 8.95. The van der Waals surface area contributed by atoms with Gasteiger partial charge < -0.3 is 17.4 Å². The van der Waals surface area contributed by atoms with Crippen molar-refractivity contribution < 1.29 is 31.8 Å². The number of methoxy groups -OCH3 is 1. The summed E-state index contributed by atoms with van der Waals surface area (Å²) in [6.07, 6.45) is 0.969. The van der Waals surface area contributed by atoms with E-state index in [1.165, 1.54) is 0 Å². The summed E-state index contributed by atoms with van der Waals surface area (Å²) in [6, 6.07) is 0. The number of hydrogen-bond donors (Lipinski definition) is 1. The van der Waals surface area contributed by atoms with Gasteiger partial charge in [0.05, 0.1) is 7.11 Å². The van der Waals surface area contributed by atoms with Crippen LogP contribution >= 0.6 is 0 Å². The molecule has 7 heteroatoms. The van der Waals surface area contributed by atoms with Crippen molar-refractivity contribution in [1.82, 2.24) is 0 Å². The van der Waals surface area contributed by atoms with Crippen molar-refractivity contribution in [2.24, 2.45) is 0 Å². The molecule has 0 fully saturated rings. The number of carbonyl (C=O) groups excluding carboxylic acids is 2. The summed E-state index contributed by atoms with van der Waals surface area (Å²) in [4.78, 5) is 33.5. The third-order valence-corrected chi connectivity index (χ3v) is 1.90. The molecule has 0 amide bonds. The Labute approximate surface area is 132 Å². The molecular formula is C10H16CaO6. The van der Waals surface area contributed by atoms with Crippen LogP contribution in [0.4, 0.5) is 0 Å². The van der Waals surface area contributed by atoms with Gasteiger partial charge in [0.2, 0.25) is 0 Å². The smallest absolute Gasteiger partial charge is 1.00 e. The van der Waals surface area contributed by atoms with Crippen LogP contribution in [0.5, 0.6) is 0 Å². The molecule has 0 rings (SSSR count). The fourth-order valence-electron chi connectivity index (χ4n) is 1.16. The molecule has 94 valence electrons. The number of carbonyl (C=O) groups is 3. The van der Waals surface area contributed by atoms with Crippen molar-refractivity contribution >= 4 is 55.6 Å². The van der Waals surface area contributed by atoms with Crippen LogP contribution in [-0.2, 0) is 23.9 Å². The first-order chi connectivity index (χ1) is 7.44. The summed E-state index contributed by atoms with van der Waals surface area (Å²) in [6.45, 7) is 4.78. The number of hydrogen-bond acceptors (Lipinski definition) is 5. The summed E-state index contributed by atoms with van der Waals surface area (Å²) in [5.41, 5.74) is -2.28. The van der Waals surface area contributed by atoms with E-state index in [9.17, 15) is 14.4 Å². The Morgan fingerprint density at radius 2 is 2.00 bits per heavy atom. The zero-order valence-electron chi connectivity index (χ0n) is 11.9. The second-order valence-corrected chi connectivity index (χ2v) is 3.00. The van der Waals surface area contributed by atoms with E-state index in [4.69, 9.17) is 5.11 Å². The molecule has 1 atom stereocenters. The number of esters is 2. The normalized spacial score (nSPS) is 12.6. The molecule has 0 saturated carbocycles. The van der Waals surface area contributed by atoms with Crippen molar-refractivity contribution in [3.63, 3.8) is 0 Å².